The Morgan fingerprint density at radius 2 is 2.14 bits per heavy atom. The number of hydrogen-bond donors (Lipinski definition) is 2. The molecule has 2 fully saturated rings. The molecule has 2 aliphatic carbocycles. The lowest BCUT2D eigenvalue weighted by atomic mass is 9.96. The summed E-state index contributed by atoms with van der Waals surface area (Å²) in [5.41, 5.74) is 0.559. The van der Waals surface area contributed by atoms with E-state index in [1.807, 2.05) is 0 Å². The average Bonchev–Trinajstić information content (AvgIpc) is 3.08. The first-order chi connectivity index (χ1) is 10.0. The van der Waals surface area contributed by atoms with E-state index in [9.17, 15) is 13.5 Å². The second-order valence-electron chi connectivity index (χ2n) is 6.05. The van der Waals surface area contributed by atoms with Gasteiger partial charge >= 0.3 is 0 Å². The molecular weight excluding hydrogens is 290 g/mol. The standard InChI is InChI=1S/C15H21NO4S/c1-20-14-5-3-11(9-17)8-15(14)21(18,19)16-13-7-10-2-4-12(13)6-10/h3,5,8,10,12-13,16-17H,2,4,6-7,9H2,1H3. The van der Waals surface area contributed by atoms with Gasteiger partial charge in [-0.25, -0.2) is 13.1 Å². The summed E-state index contributed by atoms with van der Waals surface area (Å²) in [6.45, 7) is -0.194. The number of fused-ring (bicyclic) bond motifs is 2. The highest BCUT2D eigenvalue weighted by molar-refractivity contribution is 7.89. The van der Waals surface area contributed by atoms with Crippen LogP contribution in [0.2, 0.25) is 0 Å². The number of benzene rings is 1. The van der Waals surface area contributed by atoms with Crippen LogP contribution in [-0.2, 0) is 16.6 Å². The molecule has 6 heteroatoms. The molecule has 21 heavy (non-hydrogen) atoms. The zero-order chi connectivity index (χ0) is 15.0. The van der Waals surface area contributed by atoms with Gasteiger partial charge in [-0.3, -0.25) is 0 Å². The van der Waals surface area contributed by atoms with Crippen LogP contribution in [0.4, 0.5) is 0 Å². The molecule has 2 N–H and O–H groups in total. The number of aliphatic hydroxyl groups is 1. The molecule has 2 saturated carbocycles. The quantitative estimate of drug-likeness (QED) is 0.867. The predicted octanol–water partition coefficient (Wildman–Crippen LogP) is 1.65. The zero-order valence-corrected chi connectivity index (χ0v) is 12.9. The lowest BCUT2D eigenvalue weighted by Crippen LogP contribution is -2.38. The molecule has 116 valence electrons. The van der Waals surface area contributed by atoms with Gasteiger partial charge in [-0.15, -0.1) is 0 Å². The number of aliphatic hydroxyl groups excluding tert-OH is 1. The minimum absolute atomic E-state index is 0.0382. The first-order valence-corrected chi connectivity index (χ1v) is 8.82. The molecule has 0 aliphatic heterocycles. The Labute approximate surface area is 125 Å². The van der Waals surface area contributed by atoms with E-state index in [0.717, 1.165) is 19.3 Å². The van der Waals surface area contributed by atoms with E-state index in [1.165, 1.54) is 19.6 Å². The van der Waals surface area contributed by atoms with Gasteiger partial charge in [0.1, 0.15) is 10.6 Å². The molecule has 0 aromatic heterocycles. The Bertz CT molecular complexity index is 629. The van der Waals surface area contributed by atoms with Gasteiger partial charge in [0.05, 0.1) is 13.7 Å². The van der Waals surface area contributed by atoms with Crippen molar-refractivity contribution in [2.24, 2.45) is 11.8 Å². The summed E-state index contributed by atoms with van der Waals surface area (Å²) in [6, 6.07) is 4.77. The highest BCUT2D eigenvalue weighted by Crippen LogP contribution is 2.45. The maximum absolute atomic E-state index is 12.6. The summed E-state index contributed by atoms with van der Waals surface area (Å²) >= 11 is 0. The second-order valence-corrected chi connectivity index (χ2v) is 7.73. The van der Waals surface area contributed by atoms with Crippen LogP contribution >= 0.6 is 0 Å². The van der Waals surface area contributed by atoms with Gasteiger partial charge < -0.3 is 9.84 Å². The molecule has 0 spiro atoms. The molecule has 3 unspecified atom stereocenters. The van der Waals surface area contributed by atoms with Gasteiger partial charge in [0.25, 0.3) is 0 Å². The van der Waals surface area contributed by atoms with Crippen LogP contribution in [0.25, 0.3) is 0 Å². The van der Waals surface area contributed by atoms with E-state index in [0.29, 0.717) is 23.1 Å². The van der Waals surface area contributed by atoms with E-state index in [4.69, 9.17) is 4.74 Å². The van der Waals surface area contributed by atoms with Gasteiger partial charge in [-0.2, -0.15) is 0 Å². The number of sulfonamides is 1. The Hall–Kier alpha value is -1.11. The highest BCUT2D eigenvalue weighted by atomic mass is 32.2. The maximum Gasteiger partial charge on any atom is 0.244 e. The van der Waals surface area contributed by atoms with Gasteiger partial charge in [-0.05, 0) is 48.8 Å². The third-order valence-electron chi connectivity index (χ3n) is 4.74. The van der Waals surface area contributed by atoms with Crippen LogP contribution in [0.5, 0.6) is 5.75 Å². The molecule has 0 saturated heterocycles. The van der Waals surface area contributed by atoms with Crippen molar-refractivity contribution in [2.45, 2.75) is 43.2 Å². The maximum atomic E-state index is 12.6. The Kier molecular flexibility index (Phi) is 3.94. The third-order valence-corrected chi connectivity index (χ3v) is 6.26. The Morgan fingerprint density at radius 1 is 1.33 bits per heavy atom. The fraction of sp³-hybridized carbons (Fsp3) is 0.600. The van der Waals surface area contributed by atoms with Crippen molar-refractivity contribution in [1.29, 1.82) is 0 Å². The molecule has 1 aromatic rings. The van der Waals surface area contributed by atoms with E-state index >= 15 is 0 Å². The molecule has 5 nitrogen and oxygen atoms in total. The molecule has 3 atom stereocenters. The average molecular weight is 311 g/mol. The summed E-state index contributed by atoms with van der Waals surface area (Å²) in [5, 5.41) is 9.21. The fourth-order valence-corrected chi connectivity index (χ4v) is 5.22. The lowest BCUT2D eigenvalue weighted by molar-refractivity contribution is 0.281. The summed E-state index contributed by atoms with van der Waals surface area (Å²) in [7, 11) is -2.18. The van der Waals surface area contributed by atoms with Crippen LogP contribution in [0.15, 0.2) is 23.1 Å². The van der Waals surface area contributed by atoms with Crippen molar-refractivity contribution in [1.82, 2.24) is 4.72 Å². The highest BCUT2D eigenvalue weighted by Gasteiger charge is 2.41. The van der Waals surface area contributed by atoms with Crippen LogP contribution in [0.1, 0.15) is 31.2 Å². The Balaban J connectivity index is 1.87. The van der Waals surface area contributed by atoms with Crippen molar-refractivity contribution in [3.63, 3.8) is 0 Å². The molecular formula is C15H21NO4S. The molecule has 2 bridgehead atoms. The van der Waals surface area contributed by atoms with Crippen LogP contribution in [-0.4, -0.2) is 26.7 Å². The van der Waals surface area contributed by atoms with Gasteiger partial charge in [-0.1, -0.05) is 12.5 Å². The molecule has 0 radical (unpaired) electrons. The molecule has 1 aromatic carbocycles. The first kappa shape index (κ1) is 14.8. The molecule has 2 aliphatic rings. The summed E-state index contributed by atoms with van der Waals surface area (Å²) in [5.74, 6) is 1.45. The van der Waals surface area contributed by atoms with E-state index < -0.39 is 10.0 Å². The number of nitrogens with one attached hydrogen (secondary N) is 1. The summed E-state index contributed by atoms with van der Waals surface area (Å²) < 4.78 is 33.3. The smallest absolute Gasteiger partial charge is 0.244 e. The Morgan fingerprint density at radius 3 is 2.71 bits per heavy atom. The minimum Gasteiger partial charge on any atom is -0.495 e. The summed E-state index contributed by atoms with van der Waals surface area (Å²) in [6.07, 6.45) is 4.42. The third kappa shape index (κ3) is 2.80. The van der Waals surface area contributed by atoms with E-state index in [-0.39, 0.29) is 17.5 Å². The van der Waals surface area contributed by atoms with Gasteiger partial charge in [0.15, 0.2) is 0 Å². The molecule has 0 amide bonds. The topological polar surface area (TPSA) is 75.6 Å². The van der Waals surface area contributed by atoms with E-state index in [2.05, 4.69) is 4.72 Å². The normalized spacial score (nSPS) is 28.0. The number of methoxy groups -OCH3 is 1. The van der Waals surface area contributed by atoms with Crippen LogP contribution in [0.3, 0.4) is 0 Å². The second kappa shape index (κ2) is 5.59. The van der Waals surface area contributed by atoms with Crippen molar-refractivity contribution in [2.75, 3.05) is 7.11 Å². The van der Waals surface area contributed by atoms with Crippen LogP contribution in [0, 0.1) is 11.8 Å². The van der Waals surface area contributed by atoms with Gasteiger partial charge in [0.2, 0.25) is 10.0 Å². The number of hydrogen-bond acceptors (Lipinski definition) is 4. The zero-order valence-electron chi connectivity index (χ0n) is 12.1. The van der Waals surface area contributed by atoms with Crippen molar-refractivity contribution in [3.8, 4) is 5.75 Å². The lowest BCUT2D eigenvalue weighted by Gasteiger charge is -2.23. The SMILES string of the molecule is COc1ccc(CO)cc1S(=O)(=O)NC1CC2CCC1C2. The van der Waals surface area contributed by atoms with Gasteiger partial charge in [0, 0.05) is 6.04 Å². The number of ether oxygens (including phenoxy) is 1. The van der Waals surface area contributed by atoms with Crippen molar-refractivity contribution < 1.29 is 18.3 Å². The van der Waals surface area contributed by atoms with Crippen molar-refractivity contribution >= 4 is 10.0 Å². The largest absolute Gasteiger partial charge is 0.495 e. The predicted molar refractivity (Wildman–Crippen MR) is 78.5 cm³/mol. The molecule has 0 heterocycles. The minimum atomic E-state index is -3.63. The first-order valence-electron chi connectivity index (χ1n) is 7.33. The number of rotatable bonds is 5. The summed E-state index contributed by atoms with van der Waals surface area (Å²) in [4.78, 5) is 0.110. The van der Waals surface area contributed by atoms with E-state index in [1.54, 1.807) is 12.1 Å². The van der Waals surface area contributed by atoms with Crippen molar-refractivity contribution in [3.05, 3.63) is 23.8 Å². The van der Waals surface area contributed by atoms with Crippen LogP contribution < -0.4 is 9.46 Å². The fourth-order valence-electron chi connectivity index (χ4n) is 3.68. The monoisotopic (exact) mass is 311 g/mol. The molecule has 3 rings (SSSR count).